The van der Waals surface area contributed by atoms with Crippen LogP contribution in [0.1, 0.15) is 46.1 Å². The number of carboxylic acids is 1. The Bertz CT molecular complexity index is 1570. The van der Waals surface area contributed by atoms with E-state index >= 15 is 0 Å². The Morgan fingerprint density at radius 1 is 1.23 bits per heavy atom. The number of aromatic nitrogens is 2. The topological polar surface area (TPSA) is 76.8 Å². The molecule has 2 fully saturated rings. The quantitative estimate of drug-likeness (QED) is 0.270. The van der Waals surface area contributed by atoms with Gasteiger partial charge in [0.25, 0.3) is 0 Å². The Morgan fingerprint density at radius 3 is 2.83 bits per heavy atom. The fourth-order valence-electron chi connectivity index (χ4n) is 5.47. The van der Waals surface area contributed by atoms with Crippen molar-refractivity contribution >= 4 is 38.8 Å². The number of benzene rings is 3. The van der Waals surface area contributed by atoms with Gasteiger partial charge in [-0.3, -0.25) is 4.90 Å². The molecule has 1 N–H and O–H groups in total. The van der Waals surface area contributed by atoms with Crippen LogP contribution in [0.4, 0.5) is 4.39 Å². The van der Waals surface area contributed by atoms with Gasteiger partial charge in [-0.05, 0) is 72.8 Å². The van der Waals surface area contributed by atoms with E-state index in [0.29, 0.717) is 30.6 Å². The molecule has 4 aromatic rings. The fraction of sp³-hybridized carbons (Fsp3) is 0.333. The highest BCUT2D eigenvalue weighted by molar-refractivity contribution is 6.30. The van der Waals surface area contributed by atoms with Gasteiger partial charge in [-0.25, -0.2) is 14.2 Å². The highest BCUT2D eigenvalue weighted by Gasteiger charge is 2.35. The van der Waals surface area contributed by atoms with Crippen LogP contribution in [-0.2, 0) is 24.4 Å². The molecule has 2 aliphatic heterocycles. The van der Waals surface area contributed by atoms with E-state index in [1.54, 1.807) is 30.3 Å². The number of aromatic carboxylic acids is 1. The lowest BCUT2D eigenvalue weighted by Gasteiger charge is -2.39. The Morgan fingerprint density at radius 2 is 2.08 bits per heavy atom. The third-order valence-electron chi connectivity index (χ3n) is 7.72. The first-order valence-electron chi connectivity index (χ1n) is 13.3. The van der Waals surface area contributed by atoms with E-state index < -0.39 is 17.0 Å². The van der Waals surface area contributed by atoms with Crippen molar-refractivity contribution in [3.05, 3.63) is 94.0 Å². The fourth-order valence-corrected chi connectivity index (χ4v) is 5.99. The molecule has 0 bridgehead atoms. The number of carboxylic acid groups (broad SMARTS) is 1. The molecule has 1 aromatic heterocycles. The first kappa shape index (κ1) is 27.0. The second-order valence-electron chi connectivity index (χ2n) is 10.5. The van der Waals surface area contributed by atoms with Crippen LogP contribution in [0.2, 0.25) is 5.02 Å². The van der Waals surface area contributed by atoms with Gasteiger partial charge in [0.15, 0.2) is 11.6 Å². The summed E-state index contributed by atoms with van der Waals surface area (Å²) < 4.78 is 27.7. The number of fused-ring (bicyclic) bond motifs is 1. The molecule has 10 heteroatoms. The number of hydrogen-bond acceptors (Lipinski definition) is 5. The number of hydrogen-bond donors (Lipinski definition) is 1. The Balaban J connectivity index is 1.17. The zero-order valence-corrected chi connectivity index (χ0v) is 23.5. The molecule has 2 aliphatic rings. The summed E-state index contributed by atoms with van der Waals surface area (Å²) in [5.41, 5.74) is 4.01. The molecule has 0 spiro atoms. The monoisotopic (exact) mass is 576 g/mol. The summed E-state index contributed by atoms with van der Waals surface area (Å²) in [5.74, 6) is -0.0239. The van der Waals surface area contributed by atoms with Crippen LogP contribution >= 0.6 is 11.6 Å². The molecule has 3 radical (unpaired) electrons. The maximum Gasteiger partial charge on any atom is 0.335 e. The standard InChI is InChI=1S/C30H28ClFN3O4Si/c31-23-5-7-27(24(32)14-23)38-17-19-2-1-3-20(12-19)22-8-10-34(15-22)16-28-33-25-6-4-21(29(36)37)13-26(25)35(28)18-30(40)9-11-39-30/h1-7,12-14,22H,8-11,15-18H2,(H,36,37)/t22-,30+/m1/s1. The highest BCUT2D eigenvalue weighted by Crippen LogP contribution is 2.32. The predicted molar refractivity (Wildman–Crippen MR) is 151 cm³/mol. The summed E-state index contributed by atoms with van der Waals surface area (Å²) in [6.45, 7) is 3.94. The number of ether oxygens (including phenoxy) is 2. The minimum absolute atomic E-state index is 0.178. The van der Waals surface area contributed by atoms with Crippen LogP contribution in [0.15, 0.2) is 60.7 Å². The molecular weight excluding hydrogens is 549 g/mol. The molecule has 205 valence electrons. The van der Waals surface area contributed by atoms with Gasteiger partial charge in [-0.2, -0.15) is 0 Å². The van der Waals surface area contributed by atoms with E-state index in [1.165, 1.54) is 11.6 Å². The lowest BCUT2D eigenvalue weighted by molar-refractivity contribution is -0.0947. The lowest BCUT2D eigenvalue weighted by atomic mass is 9.97. The van der Waals surface area contributed by atoms with Crippen LogP contribution in [0.3, 0.4) is 0 Å². The Kier molecular flexibility index (Phi) is 7.39. The van der Waals surface area contributed by atoms with E-state index in [1.807, 2.05) is 12.1 Å². The van der Waals surface area contributed by atoms with Crippen molar-refractivity contribution in [2.45, 2.75) is 43.7 Å². The van der Waals surface area contributed by atoms with Gasteiger partial charge in [0, 0.05) is 24.7 Å². The van der Waals surface area contributed by atoms with Crippen molar-refractivity contribution in [2.75, 3.05) is 19.7 Å². The average molecular weight is 577 g/mol. The number of rotatable bonds is 9. The third kappa shape index (κ3) is 5.65. The van der Waals surface area contributed by atoms with Crippen LogP contribution in [0.5, 0.6) is 5.75 Å². The predicted octanol–water partition coefficient (Wildman–Crippen LogP) is 5.38. The van der Waals surface area contributed by atoms with Gasteiger partial charge in [0.1, 0.15) is 12.4 Å². The summed E-state index contributed by atoms with van der Waals surface area (Å²) in [6, 6.07) is 17.7. The first-order chi connectivity index (χ1) is 19.3. The molecule has 2 atom stereocenters. The molecule has 0 saturated carbocycles. The van der Waals surface area contributed by atoms with E-state index in [2.05, 4.69) is 31.8 Å². The van der Waals surface area contributed by atoms with Crippen molar-refractivity contribution < 1.29 is 23.8 Å². The van der Waals surface area contributed by atoms with E-state index in [0.717, 1.165) is 48.4 Å². The van der Waals surface area contributed by atoms with Crippen molar-refractivity contribution in [2.24, 2.45) is 0 Å². The van der Waals surface area contributed by atoms with E-state index in [4.69, 9.17) is 26.1 Å². The van der Waals surface area contributed by atoms with Crippen molar-refractivity contribution in [3.63, 3.8) is 0 Å². The average Bonchev–Trinajstić information content (AvgIpc) is 3.52. The van der Waals surface area contributed by atoms with Crippen molar-refractivity contribution in [1.29, 1.82) is 0 Å². The number of halogens is 2. The largest absolute Gasteiger partial charge is 0.486 e. The first-order valence-corrected chi connectivity index (χ1v) is 14.1. The molecule has 0 amide bonds. The van der Waals surface area contributed by atoms with E-state index in [9.17, 15) is 14.3 Å². The van der Waals surface area contributed by atoms with Crippen molar-refractivity contribution in [3.8, 4) is 5.75 Å². The third-order valence-corrected chi connectivity index (χ3v) is 8.51. The van der Waals surface area contributed by atoms with Crippen molar-refractivity contribution in [1.82, 2.24) is 14.5 Å². The molecule has 0 aliphatic carbocycles. The second-order valence-corrected chi connectivity index (χ2v) is 11.9. The zero-order chi connectivity index (χ0) is 27.9. The summed E-state index contributed by atoms with van der Waals surface area (Å²) in [5, 5.41) is 9.40. The van der Waals surface area contributed by atoms with E-state index in [-0.39, 0.29) is 17.9 Å². The summed E-state index contributed by atoms with van der Waals surface area (Å²) >= 11 is 5.84. The van der Waals surface area contributed by atoms with Gasteiger partial charge >= 0.3 is 5.97 Å². The summed E-state index contributed by atoms with van der Waals surface area (Å²) in [4.78, 5) is 18.9. The molecule has 0 unspecified atom stereocenters. The smallest absolute Gasteiger partial charge is 0.335 e. The maximum atomic E-state index is 14.1. The van der Waals surface area contributed by atoms with Gasteiger partial charge in [-0.1, -0.05) is 35.9 Å². The number of likely N-dealkylation sites (tertiary alicyclic amines) is 1. The molecule has 7 nitrogen and oxygen atoms in total. The molecule has 3 heterocycles. The molecule has 3 aromatic carbocycles. The van der Waals surface area contributed by atoms with Gasteiger partial charge in [0.05, 0.1) is 38.6 Å². The minimum Gasteiger partial charge on any atom is -0.486 e. The van der Waals surface area contributed by atoms with Crippen LogP contribution < -0.4 is 4.74 Å². The number of nitrogens with zero attached hydrogens (tertiary/aromatic N) is 3. The van der Waals surface area contributed by atoms with Gasteiger partial charge in [0.2, 0.25) is 0 Å². The molecule has 2 saturated heterocycles. The summed E-state index contributed by atoms with van der Waals surface area (Å²) in [6.07, 6.45) is 1.88. The van der Waals surface area contributed by atoms with Gasteiger partial charge in [-0.15, -0.1) is 0 Å². The molecular formula is C30H28ClFN3O4Si. The molecule has 6 rings (SSSR count). The van der Waals surface area contributed by atoms with Crippen LogP contribution in [0.25, 0.3) is 11.0 Å². The second kappa shape index (κ2) is 11.0. The Labute approximate surface area is 239 Å². The minimum atomic E-state index is -0.961. The number of imidazole rings is 1. The number of carbonyl (C=O) groups is 1. The summed E-state index contributed by atoms with van der Waals surface area (Å²) in [7, 11) is 3.77. The highest BCUT2D eigenvalue weighted by atomic mass is 35.5. The normalized spacial score (nSPS) is 21.0. The molecule has 40 heavy (non-hydrogen) atoms. The Hall–Kier alpha value is -3.24. The lowest BCUT2D eigenvalue weighted by Crippen LogP contribution is -2.48. The van der Waals surface area contributed by atoms with Gasteiger partial charge < -0.3 is 19.1 Å². The zero-order valence-electron chi connectivity index (χ0n) is 21.8. The van der Waals surface area contributed by atoms with Crippen LogP contribution in [0, 0.1) is 5.82 Å². The van der Waals surface area contributed by atoms with Crippen LogP contribution in [-0.4, -0.2) is 60.7 Å². The maximum absolute atomic E-state index is 14.1. The SMILES string of the molecule is O=C(O)c1ccc2nc(CN3CC[C@@H](c4cccc(COc5ccc(Cl)cc5F)c4)C3)n(C[C@@]3([Si])CCO3)c2c1.